The molecule has 0 atom stereocenters. The number of amides is 1. The molecule has 130 valence electrons. The van der Waals surface area contributed by atoms with Crippen molar-refractivity contribution in [2.24, 2.45) is 0 Å². The lowest BCUT2D eigenvalue weighted by Gasteiger charge is -2.09. The zero-order chi connectivity index (χ0) is 18.3. The monoisotopic (exact) mass is 377 g/mol. The lowest BCUT2D eigenvalue weighted by atomic mass is 10.1. The number of hydrogen-bond acceptors (Lipinski definition) is 4. The van der Waals surface area contributed by atoms with E-state index in [1.807, 2.05) is 6.07 Å². The van der Waals surface area contributed by atoms with Crippen molar-refractivity contribution in [1.82, 2.24) is 4.72 Å². The minimum absolute atomic E-state index is 0.288. The van der Waals surface area contributed by atoms with Crippen LogP contribution < -0.4 is 10.0 Å². The second-order valence-corrected chi connectivity index (χ2v) is 7.47. The number of carbonyl (C=O) groups excluding carboxylic acids is 1. The predicted molar refractivity (Wildman–Crippen MR) is 96.5 cm³/mol. The van der Waals surface area contributed by atoms with Gasteiger partial charge in [0.2, 0.25) is 15.9 Å². The second-order valence-electron chi connectivity index (χ2n) is 5.25. The van der Waals surface area contributed by atoms with Crippen molar-refractivity contribution in [3.63, 3.8) is 0 Å². The average molecular weight is 378 g/mol. The Labute approximate surface area is 151 Å². The highest BCUT2D eigenvalue weighted by Crippen LogP contribution is 2.17. The van der Waals surface area contributed by atoms with Crippen LogP contribution >= 0.6 is 11.6 Å². The van der Waals surface area contributed by atoms with E-state index in [-0.39, 0.29) is 18.7 Å². The van der Waals surface area contributed by atoms with Crippen molar-refractivity contribution in [1.29, 1.82) is 5.26 Å². The van der Waals surface area contributed by atoms with Gasteiger partial charge < -0.3 is 5.32 Å². The van der Waals surface area contributed by atoms with Crippen molar-refractivity contribution in [2.45, 2.75) is 12.2 Å². The average Bonchev–Trinajstić information content (AvgIpc) is 2.57. The summed E-state index contributed by atoms with van der Waals surface area (Å²) in [5.74, 6) is -0.793. The van der Waals surface area contributed by atoms with Crippen LogP contribution in [-0.4, -0.2) is 20.9 Å². The van der Waals surface area contributed by atoms with Crippen LogP contribution in [0.15, 0.2) is 48.5 Å². The van der Waals surface area contributed by atoms with E-state index in [2.05, 4.69) is 10.0 Å². The standard InChI is InChI=1S/C17H16ClN3O3S/c18-16-4-2-1-3-14(16)12-25(23,24)20-11-17(22)21-15-7-5-13(6-8-15)9-10-19/h1-8,20H,9,11-12H2,(H,21,22). The largest absolute Gasteiger partial charge is 0.325 e. The fourth-order valence-corrected chi connectivity index (χ4v) is 3.45. The molecule has 2 N–H and O–H groups in total. The van der Waals surface area contributed by atoms with Gasteiger partial charge in [0, 0.05) is 10.7 Å². The number of halogens is 1. The van der Waals surface area contributed by atoms with Gasteiger partial charge in [-0.05, 0) is 29.3 Å². The molecule has 0 aliphatic rings. The lowest BCUT2D eigenvalue weighted by molar-refractivity contribution is -0.115. The fourth-order valence-electron chi connectivity index (χ4n) is 2.05. The van der Waals surface area contributed by atoms with Crippen LogP contribution in [0, 0.1) is 11.3 Å². The van der Waals surface area contributed by atoms with Crippen molar-refractivity contribution < 1.29 is 13.2 Å². The topological polar surface area (TPSA) is 99.1 Å². The third kappa shape index (κ3) is 6.19. The molecule has 25 heavy (non-hydrogen) atoms. The molecule has 0 aromatic heterocycles. The Morgan fingerprint density at radius 1 is 1.12 bits per heavy atom. The predicted octanol–water partition coefficient (Wildman–Crippen LogP) is 2.46. The third-order valence-corrected chi connectivity index (χ3v) is 4.92. The van der Waals surface area contributed by atoms with Crippen LogP contribution in [0.2, 0.25) is 5.02 Å². The number of anilines is 1. The molecule has 0 aliphatic heterocycles. The molecule has 6 nitrogen and oxygen atoms in total. The maximum atomic E-state index is 12.0. The maximum Gasteiger partial charge on any atom is 0.239 e. The molecule has 0 unspecified atom stereocenters. The van der Waals surface area contributed by atoms with Gasteiger partial charge in [-0.1, -0.05) is 41.9 Å². The minimum Gasteiger partial charge on any atom is -0.325 e. The third-order valence-electron chi connectivity index (χ3n) is 3.28. The van der Waals surface area contributed by atoms with Crippen molar-refractivity contribution >= 4 is 33.2 Å². The molecule has 0 spiro atoms. The summed E-state index contributed by atoms with van der Waals surface area (Å²) in [5.41, 5.74) is 1.82. The van der Waals surface area contributed by atoms with E-state index in [0.717, 1.165) is 5.56 Å². The molecule has 8 heteroatoms. The van der Waals surface area contributed by atoms with Gasteiger partial charge >= 0.3 is 0 Å². The van der Waals surface area contributed by atoms with Crippen LogP contribution in [0.25, 0.3) is 0 Å². The van der Waals surface area contributed by atoms with E-state index in [0.29, 0.717) is 16.3 Å². The lowest BCUT2D eigenvalue weighted by Crippen LogP contribution is -2.33. The molecule has 2 aromatic rings. The minimum atomic E-state index is -3.69. The molecule has 1 amide bonds. The summed E-state index contributed by atoms with van der Waals surface area (Å²) in [7, 11) is -3.69. The normalized spacial score (nSPS) is 10.9. The zero-order valence-corrected chi connectivity index (χ0v) is 14.8. The molecule has 0 fully saturated rings. The summed E-state index contributed by atoms with van der Waals surface area (Å²) in [6.07, 6.45) is 0.288. The summed E-state index contributed by atoms with van der Waals surface area (Å²) in [6, 6.07) is 15.4. The van der Waals surface area contributed by atoms with Gasteiger partial charge in [-0.2, -0.15) is 5.26 Å². The van der Waals surface area contributed by atoms with Crippen LogP contribution in [-0.2, 0) is 27.0 Å². The maximum absolute atomic E-state index is 12.0. The van der Waals surface area contributed by atoms with Gasteiger partial charge in [0.1, 0.15) is 0 Å². The number of rotatable bonds is 7. The number of nitrogens with one attached hydrogen (secondary N) is 2. The summed E-state index contributed by atoms with van der Waals surface area (Å²) in [5, 5.41) is 11.6. The molecule has 2 rings (SSSR count). The zero-order valence-electron chi connectivity index (χ0n) is 13.2. The molecule has 0 radical (unpaired) electrons. The first kappa shape index (κ1) is 18.9. The SMILES string of the molecule is N#CCc1ccc(NC(=O)CNS(=O)(=O)Cc2ccccc2Cl)cc1. The summed E-state index contributed by atoms with van der Waals surface area (Å²) in [4.78, 5) is 11.9. The van der Waals surface area contributed by atoms with Crippen molar-refractivity contribution in [3.05, 3.63) is 64.7 Å². The van der Waals surface area contributed by atoms with Gasteiger partial charge in [0.05, 0.1) is 24.8 Å². The molecular formula is C17H16ClN3O3S. The number of carbonyl (C=O) groups is 1. The van der Waals surface area contributed by atoms with Gasteiger partial charge in [-0.15, -0.1) is 0 Å². The molecule has 0 saturated carbocycles. The Hall–Kier alpha value is -2.40. The van der Waals surface area contributed by atoms with E-state index >= 15 is 0 Å². The molecule has 0 heterocycles. The van der Waals surface area contributed by atoms with Gasteiger partial charge in [-0.3, -0.25) is 4.79 Å². The molecule has 0 aliphatic carbocycles. The smallest absolute Gasteiger partial charge is 0.239 e. The Morgan fingerprint density at radius 3 is 2.44 bits per heavy atom. The van der Waals surface area contributed by atoms with E-state index < -0.39 is 15.9 Å². The quantitative estimate of drug-likeness (QED) is 0.774. The molecule has 0 bridgehead atoms. The van der Waals surface area contributed by atoms with Crippen molar-refractivity contribution in [3.8, 4) is 6.07 Å². The Balaban J connectivity index is 1.88. The number of sulfonamides is 1. The highest BCUT2D eigenvalue weighted by molar-refractivity contribution is 7.88. The highest BCUT2D eigenvalue weighted by atomic mass is 35.5. The van der Waals surface area contributed by atoms with Gasteiger partial charge in [-0.25, -0.2) is 13.1 Å². The van der Waals surface area contributed by atoms with E-state index in [4.69, 9.17) is 16.9 Å². The van der Waals surface area contributed by atoms with Crippen LogP contribution in [0.3, 0.4) is 0 Å². The van der Waals surface area contributed by atoms with Crippen molar-refractivity contribution in [2.75, 3.05) is 11.9 Å². The fraction of sp³-hybridized carbons (Fsp3) is 0.176. The van der Waals surface area contributed by atoms with Crippen LogP contribution in [0.5, 0.6) is 0 Å². The number of nitriles is 1. The van der Waals surface area contributed by atoms with Crippen LogP contribution in [0.4, 0.5) is 5.69 Å². The first-order chi connectivity index (χ1) is 11.9. The van der Waals surface area contributed by atoms with E-state index in [9.17, 15) is 13.2 Å². The summed E-state index contributed by atoms with van der Waals surface area (Å²) in [6.45, 7) is -0.382. The summed E-state index contributed by atoms with van der Waals surface area (Å²) < 4.78 is 26.3. The van der Waals surface area contributed by atoms with Gasteiger partial charge in [0.15, 0.2) is 0 Å². The molecule has 2 aromatic carbocycles. The van der Waals surface area contributed by atoms with E-state index in [1.165, 1.54) is 0 Å². The number of benzene rings is 2. The first-order valence-electron chi connectivity index (χ1n) is 7.36. The second kappa shape index (κ2) is 8.62. The Kier molecular flexibility index (Phi) is 6.53. The van der Waals surface area contributed by atoms with E-state index in [1.54, 1.807) is 48.5 Å². The highest BCUT2D eigenvalue weighted by Gasteiger charge is 2.15. The summed E-state index contributed by atoms with van der Waals surface area (Å²) >= 11 is 5.94. The molecule has 0 saturated heterocycles. The Morgan fingerprint density at radius 2 is 1.80 bits per heavy atom. The number of hydrogen-bond donors (Lipinski definition) is 2. The first-order valence-corrected chi connectivity index (χ1v) is 9.39. The van der Waals surface area contributed by atoms with Crippen LogP contribution in [0.1, 0.15) is 11.1 Å². The van der Waals surface area contributed by atoms with Gasteiger partial charge in [0.25, 0.3) is 0 Å². The Bertz CT molecular complexity index is 890. The number of nitrogens with zero attached hydrogens (tertiary/aromatic N) is 1. The molecular weight excluding hydrogens is 362 g/mol.